The number of likely N-dealkylation sites (tertiary alicyclic amines) is 1. The van der Waals surface area contributed by atoms with Gasteiger partial charge in [-0.05, 0) is 40.9 Å². The standard InChI is InChI=1S/C12H13BrClFN2O.ClH/c13-9-4-8(11(15)5-10(9)14)12(18)17-3-1-2-7(16)6-17;/h4-5,7H,1-3,6,16H2;1H. The van der Waals surface area contributed by atoms with E-state index in [9.17, 15) is 9.18 Å². The molecule has 0 aliphatic carbocycles. The van der Waals surface area contributed by atoms with Gasteiger partial charge in [0.25, 0.3) is 5.91 Å². The van der Waals surface area contributed by atoms with Crippen molar-refractivity contribution in [2.24, 2.45) is 5.73 Å². The van der Waals surface area contributed by atoms with Gasteiger partial charge in [0.05, 0.1) is 10.6 Å². The van der Waals surface area contributed by atoms with Gasteiger partial charge in [-0.25, -0.2) is 4.39 Å². The summed E-state index contributed by atoms with van der Waals surface area (Å²) in [6, 6.07) is 2.53. The summed E-state index contributed by atoms with van der Waals surface area (Å²) in [5, 5.41) is 0.249. The molecule has 2 N–H and O–H groups in total. The fourth-order valence-corrected chi connectivity index (χ4v) is 2.54. The predicted octanol–water partition coefficient (Wildman–Crippen LogP) is 3.23. The molecule has 2 rings (SSSR count). The van der Waals surface area contributed by atoms with E-state index in [1.54, 1.807) is 4.90 Å². The Morgan fingerprint density at radius 2 is 2.21 bits per heavy atom. The first-order chi connectivity index (χ1) is 8.49. The highest BCUT2D eigenvalue weighted by molar-refractivity contribution is 9.10. The normalized spacial score (nSPS) is 18.9. The summed E-state index contributed by atoms with van der Waals surface area (Å²) in [4.78, 5) is 13.8. The summed E-state index contributed by atoms with van der Waals surface area (Å²) in [7, 11) is 0. The van der Waals surface area contributed by atoms with Gasteiger partial charge in [0.15, 0.2) is 0 Å². The average molecular weight is 372 g/mol. The smallest absolute Gasteiger partial charge is 0.256 e. The second kappa shape index (κ2) is 6.88. The maximum absolute atomic E-state index is 13.7. The van der Waals surface area contributed by atoms with Crippen LogP contribution in [-0.2, 0) is 0 Å². The minimum Gasteiger partial charge on any atom is -0.337 e. The van der Waals surface area contributed by atoms with Crippen LogP contribution in [0.25, 0.3) is 0 Å². The monoisotopic (exact) mass is 370 g/mol. The zero-order chi connectivity index (χ0) is 13.3. The van der Waals surface area contributed by atoms with Gasteiger partial charge in [0.2, 0.25) is 0 Å². The Morgan fingerprint density at radius 3 is 2.84 bits per heavy atom. The van der Waals surface area contributed by atoms with Gasteiger partial charge in [-0.1, -0.05) is 11.6 Å². The number of hydrogen-bond acceptors (Lipinski definition) is 2. The van der Waals surface area contributed by atoms with E-state index in [2.05, 4.69) is 15.9 Å². The minimum absolute atomic E-state index is 0. The summed E-state index contributed by atoms with van der Waals surface area (Å²) in [6.45, 7) is 1.09. The second-order valence-electron chi connectivity index (χ2n) is 4.40. The van der Waals surface area contributed by atoms with Crippen LogP contribution in [0.15, 0.2) is 16.6 Å². The lowest BCUT2D eigenvalue weighted by molar-refractivity contribution is 0.0704. The molecule has 1 aliphatic rings. The molecule has 0 bridgehead atoms. The molecule has 0 spiro atoms. The summed E-state index contributed by atoms with van der Waals surface area (Å²) in [5.41, 5.74) is 5.84. The van der Waals surface area contributed by atoms with Crippen LogP contribution in [0.4, 0.5) is 4.39 Å². The first-order valence-electron chi connectivity index (χ1n) is 5.68. The largest absolute Gasteiger partial charge is 0.337 e. The number of amides is 1. The van der Waals surface area contributed by atoms with Gasteiger partial charge in [0.1, 0.15) is 5.82 Å². The van der Waals surface area contributed by atoms with E-state index in [1.807, 2.05) is 0 Å². The number of nitrogens with zero attached hydrogens (tertiary/aromatic N) is 1. The van der Waals surface area contributed by atoms with E-state index >= 15 is 0 Å². The van der Waals surface area contributed by atoms with Crippen LogP contribution < -0.4 is 5.73 Å². The topological polar surface area (TPSA) is 46.3 Å². The molecule has 1 unspecified atom stereocenters. The first-order valence-corrected chi connectivity index (χ1v) is 6.85. The molecule has 1 aromatic rings. The van der Waals surface area contributed by atoms with Gasteiger partial charge in [-0.3, -0.25) is 4.79 Å². The Balaban J connectivity index is 0.00000180. The van der Waals surface area contributed by atoms with E-state index in [4.69, 9.17) is 17.3 Å². The van der Waals surface area contributed by atoms with Crippen molar-refractivity contribution in [2.75, 3.05) is 13.1 Å². The highest BCUT2D eigenvalue weighted by Gasteiger charge is 2.25. The van der Waals surface area contributed by atoms with Crippen LogP contribution in [0.2, 0.25) is 5.02 Å². The summed E-state index contributed by atoms with van der Waals surface area (Å²) < 4.78 is 14.3. The highest BCUT2D eigenvalue weighted by Crippen LogP contribution is 2.26. The van der Waals surface area contributed by atoms with Crippen LogP contribution in [-0.4, -0.2) is 29.9 Å². The molecule has 0 saturated carbocycles. The van der Waals surface area contributed by atoms with Crippen LogP contribution in [0, 0.1) is 5.82 Å². The molecule has 1 atom stereocenters. The van der Waals surface area contributed by atoms with Crippen molar-refractivity contribution in [1.82, 2.24) is 4.90 Å². The number of benzene rings is 1. The van der Waals surface area contributed by atoms with Crippen molar-refractivity contribution in [3.05, 3.63) is 33.0 Å². The molecular formula is C12H14BrCl2FN2O. The van der Waals surface area contributed by atoms with Gasteiger partial charge in [0, 0.05) is 23.6 Å². The van der Waals surface area contributed by atoms with E-state index in [1.165, 1.54) is 6.07 Å². The number of halogens is 4. The number of nitrogens with two attached hydrogens (primary N) is 1. The maximum Gasteiger partial charge on any atom is 0.256 e. The van der Waals surface area contributed by atoms with Crippen molar-refractivity contribution in [3.63, 3.8) is 0 Å². The molecule has 1 aliphatic heterocycles. The lowest BCUT2D eigenvalue weighted by atomic mass is 10.1. The molecule has 1 saturated heterocycles. The third-order valence-electron chi connectivity index (χ3n) is 2.99. The Morgan fingerprint density at radius 1 is 1.53 bits per heavy atom. The van der Waals surface area contributed by atoms with Gasteiger partial charge < -0.3 is 10.6 Å². The number of carbonyl (C=O) groups is 1. The Hall–Kier alpha value is -0.360. The lowest BCUT2D eigenvalue weighted by Crippen LogP contribution is -2.45. The molecule has 7 heteroatoms. The third-order valence-corrected chi connectivity index (χ3v) is 4.18. The van der Waals surface area contributed by atoms with Crippen LogP contribution in [0.1, 0.15) is 23.2 Å². The molecule has 1 fully saturated rings. The molecular weight excluding hydrogens is 358 g/mol. The molecule has 3 nitrogen and oxygen atoms in total. The molecule has 1 amide bonds. The summed E-state index contributed by atoms with van der Waals surface area (Å²) in [6.07, 6.45) is 1.75. The fraction of sp³-hybridized carbons (Fsp3) is 0.417. The molecule has 1 heterocycles. The third kappa shape index (κ3) is 3.81. The molecule has 106 valence electrons. The van der Waals surface area contributed by atoms with E-state index in [0.717, 1.165) is 18.9 Å². The van der Waals surface area contributed by atoms with Crippen LogP contribution in [0.5, 0.6) is 0 Å². The Labute approximate surface area is 130 Å². The van der Waals surface area contributed by atoms with Crippen LogP contribution >= 0.6 is 39.9 Å². The number of hydrogen-bond donors (Lipinski definition) is 1. The van der Waals surface area contributed by atoms with Crippen molar-refractivity contribution in [2.45, 2.75) is 18.9 Å². The summed E-state index contributed by atoms with van der Waals surface area (Å²) in [5.74, 6) is -0.938. The first kappa shape index (κ1) is 16.7. The second-order valence-corrected chi connectivity index (χ2v) is 5.66. The number of piperidine rings is 1. The van der Waals surface area contributed by atoms with Crippen molar-refractivity contribution >= 4 is 45.8 Å². The zero-order valence-electron chi connectivity index (χ0n) is 10.0. The molecule has 1 aromatic carbocycles. The number of rotatable bonds is 1. The van der Waals surface area contributed by atoms with E-state index < -0.39 is 5.82 Å². The van der Waals surface area contributed by atoms with Gasteiger partial charge in [-0.2, -0.15) is 0 Å². The fourth-order valence-electron chi connectivity index (χ4n) is 2.05. The quantitative estimate of drug-likeness (QED) is 0.770. The van der Waals surface area contributed by atoms with E-state index in [0.29, 0.717) is 17.6 Å². The van der Waals surface area contributed by atoms with Gasteiger partial charge >= 0.3 is 0 Å². The van der Waals surface area contributed by atoms with Gasteiger partial charge in [-0.15, -0.1) is 12.4 Å². The average Bonchev–Trinajstić information content (AvgIpc) is 2.33. The minimum atomic E-state index is -0.604. The van der Waals surface area contributed by atoms with Crippen molar-refractivity contribution in [1.29, 1.82) is 0 Å². The molecule has 0 aromatic heterocycles. The van der Waals surface area contributed by atoms with Crippen molar-refractivity contribution in [3.8, 4) is 0 Å². The SMILES string of the molecule is Cl.NC1CCCN(C(=O)c2cc(Br)c(Cl)cc2F)C1. The molecule has 19 heavy (non-hydrogen) atoms. The Kier molecular flexibility index (Phi) is 6.05. The summed E-state index contributed by atoms with van der Waals surface area (Å²) >= 11 is 8.96. The molecule has 0 radical (unpaired) electrons. The highest BCUT2D eigenvalue weighted by atomic mass is 79.9. The zero-order valence-corrected chi connectivity index (χ0v) is 13.2. The number of carbonyl (C=O) groups excluding carboxylic acids is 1. The van der Waals surface area contributed by atoms with Crippen LogP contribution in [0.3, 0.4) is 0 Å². The van der Waals surface area contributed by atoms with E-state index in [-0.39, 0.29) is 34.9 Å². The maximum atomic E-state index is 13.7. The van der Waals surface area contributed by atoms with Crippen molar-refractivity contribution < 1.29 is 9.18 Å². The predicted molar refractivity (Wildman–Crippen MR) is 79.5 cm³/mol. The lowest BCUT2D eigenvalue weighted by Gasteiger charge is -2.31. The Bertz CT molecular complexity index is 487.